The zero-order valence-electron chi connectivity index (χ0n) is 13.9. The fourth-order valence-corrected chi connectivity index (χ4v) is 4.60. The van der Waals surface area contributed by atoms with Gasteiger partial charge in [0.05, 0.1) is 6.20 Å². The third kappa shape index (κ3) is 2.28. The predicted molar refractivity (Wildman–Crippen MR) is 99.1 cm³/mol. The quantitative estimate of drug-likeness (QED) is 0.680. The first-order valence-corrected chi connectivity index (χ1v) is 8.89. The smallest absolute Gasteiger partial charge is 0.149 e. The molecule has 0 saturated heterocycles. The predicted octanol–water partition coefficient (Wildman–Crippen LogP) is 4.49. The van der Waals surface area contributed by atoms with E-state index in [1.807, 2.05) is 6.07 Å². The van der Waals surface area contributed by atoms with E-state index < -0.39 is 0 Å². The molecule has 0 bridgehead atoms. The van der Waals surface area contributed by atoms with Crippen LogP contribution < -0.4 is 11.1 Å². The van der Waals surface area contributed by atoms with Crippen molar-refractivity contribution in [2.45, 2.75) is 31.2 Å². The lowest BCUT2D eigenvalue weighted by atomic mass is 9.60. The van der Waals surface area contributed by atoms with Crippen molar-refractivity contribution in [2.75, 3.05) is 11.1 Å². The Bertz CT molecular complexity index is 969. The van der Waals surface area contributed by atoms with Crippen LogP contribution in [-0.2, 0) is 6.42 Å². The van der Waals surface area contributed by atoms with Gasteiger partial charge in [0.15, 0.2) is 0 Å². The number of aryl methyl sites for hydroxylation is 1. The van der Waals surface area contributed by atoms with Gasteiger partial charge in [-0.15, -0.1) is 0 Å². The van der Waals surface area contributed by atoms with Gasteiger partial charge in [-0.05, 0) is 60.4 Å². The van der Waals surface area contributed by atoms with E-state index >= 15 is 0 Å². The van der Waals surface area contributed by atoms with E-state index in [0.717, 1.165) is 24.0 Å². The highest BCUT2D eigenvalue weighted by molar-refractivity contribution is 5.94. The van der Waals surface area contributed by atoms with Crippen molar-refractivity contribution < 1.29 is 4.39 Å². The molecule has 1 fully saturated rings. The Morgan fingerprint density at radius 2 is 2.00 bits per heavy atom. The second-order valence-electron chi connectivity index (χ2n) is 7.25. The van der Waals surface area contributed by atoms with Gasteiger partial charge in [0, 0.05) is 22.5 Å². The van der Waals surface area contributed by atoms with Crippen LogP contribution in [0.4, 0.5) is 15.9 Å². The minimum Gasteiger partial charge on any atom is -0.399 e. The molecule has 0 radical (unpaired) electrons. The van der Waals surface area contributed by atoms with Crippen molar-refractivity contribution in [1.29, 1.82) is 0 Å². The SMILES string of the molecule is Nc1ccc2c(NC3CC4c5ccccc5CCC34)ncc(F)c2c1. The maximum atomic E-state index is 14.1. The summed E-state index contributed by atoms with van der Waals surface area (Å²) in [4.78, 5) is 4.31. The van der Waals surface area contributed by atoms with Crippen molar-refractivity contribution in [3.8, 4) is 0 Å². The molecule has 126 valence electrons. The average Bonchev–Trinajstić information content (AvgIpc) is 2.61. The van der Waals surface area contributed by atoms with Crippen LogP contribution in [0.5, 0.6) is 0 Å². The lowest BCUT2D eigenvalue weighted by Crippen LogP contribution is -2.47. The zero-order chi connectivity index (χ0) is 17.0. The van der Waals surface area contributed by atoms with Crippen LogP contribution in [0.25, 0.3) is 10.8 Å². The summed E-state index contributed by atoms with van der Waals surface area (Å²) in [5.74, 6) is 1.71. The number of halogens is 1. The Morgan fingerprint density at radius 3 is 2.92 bits per heavy atom. The van der Waals surface area contributed by atoms with Crippen molar-refractivity contribution >= 4 is 22.3 Å². The number of anilines is 2. The van der Waals surface area contributed by atoms with Gasteiger partial charge in [0.2, 0.25) is 0 Å². The van der Waals surface area contributed by atoms with Gasteiger partial charge < -0.3 is 11.1 Å². The molecule has 1 saturated carbocycles. The van der Waals surface area contributed by atoms with E-state index in [1.165, 1.54) is 23.7 Å². The van der Waals surface area contributed by atoms with Crippen LogP contribution in [0.1, 0.15) is 29.9 Å². The Balaban J connectivity index is 1.43. The van der Waals surface area contributed by atoms with Crippen molar-refractivity contribution in [1.82, 2.24) is 4.98 Å². The minimum absolute atomic E-state index is 0.328. The summed E-state index contributed by atoms with van der Waals surface area (Å²) in [7, 11) is 0. The van der Waals surface area contributed by atoms with Gasteiger partial charge in [-0.1, -0.05) is 24.3 Å². The first-order valence-electron chi connectivity index (χ1n) is 8.89. The first kappa shape index (κ1) is 14.7. The molecule has 5 rings (SSSR count). The minimum atomic E-state index is -0.328. The Kier molecular flexibility index (Phi) is 3.20. The second-order valence-corrected chi connectivity index (χ2v) is 7.25. The molecule has 1 aromatic heterocycles. The van der Waals surface area contributed by atoms with Crippen LogP contribution in [0.15, 0.2) is 48.7 Å². The third-order valence-corrected chi connectivity index (χ3v) is 5.93. The number of benzene rings is 2. The largest absolute Gasteiger partial charge is 0.399 e. The van der Waals surface area contributed by atoms with E-state index in [2.05, 4.69) is 34.6 Å². The normalized spacial score (nSPS) is 24.3. The van der Waals surface area contributed by atoms with E-state index in [4.69, 9.17) is 5.73 Å². The molecule has 1 heterocycles. The number of nitrogens with two attached hydrogens (primary N) is 1. The number of nitrogens with one attached hydrogen (secondary N) is 1. The third-order valence-electron chi connectivity index (χ3n) is 5.93. The van der Waals surface area contributed by atoms with Crippen molar-refractivity contribution in [2.24, 2.45) is 5.92 Å². The molecule has 2 aliphatic carbocycles. The highest BCUT2D eigenvalue weighted by Crippen LogP contribution is 2.50. The highest BCUT2D eigenvalue weighted by Gasteiger charge is 2.44. The fourth-order valence-electron chi connectivity index (χ4n) is 4.60. The van der Waals surface area contributed by atoms with Gasteiger partial charge in [-0.25, -0.2) is 9.37 Å². The number of pyridine rings is 1. The van der Waals surface area contributed by atoms with Crippen molar-refractivity contribution in [3.63, 3.8) is 0 Å². The lowest BCUT2D eigenvalue weighted by molar-refractivity contribution is 0.194. The summed E-state index contributed by atoms with van der Waals surface area (Å²) >= 11 is 0. The molecule has 3 aromatic rings. The van der Waals surface area contributed by atoms with Gasteiger partial charge >= 0.3 is 0 Å². The van der Waals surface area contributed by atoms with Crippen molar-refractivity contribution in [3.05, 3.63) is 65.6 Å². The van der Waals surface area contributed by atoms with E-state index in [9.17, 15) is 4.39 Å². The summed E-state index contributed by atoms with van der Waals surface area (Å²) in [5.41, 5.74) is 9.39. The topological polar surface area (TPSA) is 50.9 Å². The summed E-state index contributed by atoms with van der Waals surface area (Å²) in [6, 6.07) is 14.5. The summed E-state index contributed by atoms with van der Waals surface area (Å²) in [6.07, 6.45) is 4.74. The highest BCUT2D eigenvalue weighted by atomic mass is 19.1. The van der Waals surface area contributed by atoms with Gasteiger partial charge in [-0.3, -0.25) is 0 Å². The number of rotatable bonds is 2. The van der Waals surface area contributed by atoms with Crippen LogP contribution in [-0.4, -0.2) is 11.0 Å². The summed E-state index contributed by atoms with van der Waals surface area (Å²) in [6.45, 7) is 0. The molecular formula is C21H20FN3. The number of fused-ring (bicyclic) bond motifs is 4. The summed E-state index contributed by atoms with van der Waals surface area (Å²) in [5, 5.41) is 4.91. The number of nitrogen functional groups attached to an aromatic ring is 1. The number of hydrogen-bond donors (Lipinski definition) is 2. The molecule has 3 nitrogen and oxygen atoms in total. The molecule has 0 amide bonds. The van der Waals surface area contributed by atoms with Crippen LogP contribution in [0.3, 0.4) is 0 Å². The Morgan fingerprint density at radius 1 is 1.12 bits per heavy atom. The lowest BCUT2D eigenvalue weighted by Gasteiger charge is -2.49. The standard InChI is InChI=1S/C21H20FN3/c22-19-11-24-21(16-8-6-13(23)9-18(16)19)25-20-10-17-14-4-2-1-3-12(14)5-7-15(17)20/h1-4,6,8-9,11,15,17,20H,5,7,10,23H2,(H,24,25). The number of aromatic nitrogens is 1. The number of nitrogens with zero attached hydrogens (tertiary/aromatic N) is 1. The molecule has 4 heteroatoms. The molecule has 3 N–H and O–H groups in total. The molecule has 3 unspecified atom stereocenters. The molecule has 2 aliphatic rings. The Hall–Kier alpha value is -2.62. The van der Waals surface area contributed by atoms with Gasteiger partial charge in [0.25, 0.3) is 0 Å². The zero-order valence-corrected chi connectivity index (χ0v) is 13.9. The molecule has 3 atom stereocenters. The monoisotopic (exact) mass is 333 g/mol. The Labute approximate surface area is 146 Å². The second kappa shape index (κ2) is 5.45. The van der Waals surface area contributed by atoms with Gasteiger partial charge in [-0.2, -0.15) is 0 Å². The average molecular weight is 333 g/mol. The van der Waals surface area contributed by atoms with Crippen LogP contribution in [0.2, 0.25) is 0 Å². The van der Waals surface area contributed by atoms with Crippen LogP contribution in [0, 0.1) is 11.7 Å². The summed E-state index contributed by atoms with van der Waals surface area (Å²) < 4.78 is 14.1. The molecule has 0 spiro atoms. The maximum Gasteiger partial charge on any atom is 0.149 e. The fraction of sp³-hybridized carbons (Fsp3) is 0.286. The molecular weight excluding hydrogens is 313 g/mol. The van der Waals surface area contributed by atoms with Crippen LogP contribution >= 0.6 is 0 Å². The molecule has 25 heavy (non-hydrogen) atoms. The van der Waals surface area contributed by atoms with E-state index in [0.29, 0.717) is 29.0 Å². The molecule has 0 aliphatic heterocycles. The van der Waals surface area contributed by atoms with E-state index in [-0.39, 0.29) is 5.82 Å². The molecule has 2 aromatic carbocycles. The van der Waals surface area contributed by atoms with E-state index in [1.54, 1.807) is 12.1 Å². The van der Waals surface area contributed by atoms with Gasteiger partial charge in [0.1, 0.15) is 11.6 Å². The first-order chi connectivity index (χ1) is 12.2. The maximum absolute atomic E-state index is 14.1. The number of hydrogen-bond acceptors (Lipinski definition) is 3.